The summed E-state index contributed by atoms with van der Waals surface area (Å²) in [5, 5.41) is 2.34. The van der Waals surface area contributed by atoms with Crippen LogP contribution in [0, 0.1) is 0 Å². The van der Waals surface area contributed by atoms with Gasteiger partial charge in [0.25, 0.3) is 0 Å². The van der Waals surface area contributed by atoms with Crippen molar-refractivity contribution in [3.8, 4) is 0 Å². The van der Waals surface area contributed by atoms with Crippen LogP contribution in [0.25, 0.3) is 0 Å². The summed E-state index contributed by atoms with van der Waals surface area (Å²) in [6.45, 7) is 3.88. The zero-order valence-corrected chi connectivity index (χ0v) is 10.8. The lowest BCUT2D eigenvalue weighted by Gasteiger charge is -2.14. The molecule has 1 N–H and O–H groups in total. The minimum Gasteiger partial charge on any atom is -0.377 e. The number of ether oxygens (including phenoxy) is 1. The van der Waals surface area contributed by atoms with E-state index >= 15 is 0 Å². The van der Waals surface area contributed by atoms with E-state index in [0.717, 1.165) is 12.8 Å². The van der Waals surface area contributed by atoms with Crippen LogP contribution in [0.5, 0.6) is 0 Å². The minimum atomic E-state index is -4.14. The molecule has 0 aromatic rings. The molecule has 0 spiro atoms. The van der Waals surface area contributed by atoms with Gasteiger partial charge >= 0.3 is 6.18 Å². The maximum atomic E-state index is 11.8. The van der Waals surface area contributed by atoms with Crippen molar-refractivity contribution in [3.63, 3.8) is 0 Å². The van der Waals surface area contributed by atoms with E-state index in [1.165, 1.54) is 19.3 Å². The minimum absolute atomic E-state index is 0.163. The lowest BCUT2D eigenvalue weighted by atomic mass is 10.2. The molecule has 0 fully saturated rings. The number of hydrogen-bond donors (Lipinski definition) is 1. The molecule has 0 aromatic heterocycles. The Morgan fingerprint density at radius 3 is 2.35 bits per heavy atom. The molecule has 0 aliphatic carbocycles. The van der Waals surface area contributed by atoms with Gasteiger partial charge in [-0.05, 0) is 13.3 Å². The second-order valence-corrected chi connectivity index (χ2v) is 4.34. The van der Waals surface area contributed by atoms with Crippen molar-refractivity contribution in [1.29, 1.82) is 0 Å². The van der Waals surface area contributed by atoms with E-state index < -0.39 is 12.7 Å². The van der Waals surface area contributed by atoms with Gasteiger partial charge in [-0.25, -0.2) is 0 Å². The summed E-state index contributed by atoms with van der Waals surface area (Å²) in [5.41, 5.74) is 0. The van der Waals surface area contributed by atoms with Crippen molar-refractivity contribution in [2.45, 2.75) is 58.2 Å². The Hall–Kier alpha value is -0.290. The third-order valence-electron chi connectivity index (χ3n) is 2.41. The molecule has 5 heteroatoms. The van der Waals surface area contributed by atoms with Crippen LogP contribution in [-0.4, -0.2) is 32.0 Å². The van der Waals surface area contributed by atoms with Crippen molar-refractivity contribution in [2.24, 2.45) is 0 Å². The van der Waals surface area contributed by atoms with Crippen molar-refractivity contribution >= 4 is 0 Å². The molecule has 0 radical (unpaired) electrons. The Bertz CT molecular complexity index is 174. The van der Waals surface area contributed by atoms with E-state index in [4.69, 9.17) is 4.74 Å². The Kier molecular flexibility index (Phi) is 9.55. The topological polar surface area (TPSA) is 21.3 Å². The first-order valence-electron chi connectivity index (χ1n) is 6.34. The molecule has 0 saturated carbocycles. The van der Waals surface area contributed by atoms with Gasteiger partial charge in [0.15, 0.2) is 0 Å². The van der Waals surface area contributed by atoms with E-state index in [9.17, 15) is 13.2 Å². The van der Waals surface area contributed by atoms with E-state index in [-0.39, 0.29) is 12.6 Å². The number of halogens is 3. The lowest BCUT2D eigenvalue weighted by Crippen LogP contribution is -2.34. The molecule has 0 rings (SSSR count). The average molecular weight is 255 g/mol. The van der Waals surface area contributed by atoms with Crippen molar-refractivity contribution < 1.29 is 17.9 Å². The highest BCUT2D eigenvalue weighted by Crippen LogP contribution is 2.12. The average Bonchev–Trinajstić information content (AvgIpc) is 2.21. The molecule has 104 valence electrons. The quantitative estimate of drug-likeness (QED) is 0.603. The van der Waals surface area contributed by atoms with Gasteiger partial charge in [0.2, 0.25) is 0 Å². The second-order valence-electron chi connectivity index (χ2n) is 4.34. The molecule has 0 saturated heterocycles. The first-order chi connectivity index (χ1) is 7.95. The summed E-state index contributed by atoms with van der Waals surface area (Å²) in [6, 6.07) is 0. The molecule has 1 atom stereocenters. The zero-order chi connectivity index (χ0) is 13.1. The fourth-order valence-corrected chi connectivity index (χ4v) is 1.47. The Labute approximate surface area is 102 Å². The van der Waals surface area contributed by atoms with Gasteiger partial charge in [0.05, 0.1) is 12.6 Å². The number of alkyl halides is 3. The summed E-state index contributed by atoms with van der Waals surface area (Å²) >= 11 is 0. The van der Waals surface area contributed by atoms with E-state index in [1.807, 2.05) is 0 Å². The highest BCUT2D eigenvalue weighted by molar-refractivity contribution is 4.60. The largest absolute Gasteiger partial charge is 0.401 e. The third-order valence-corrected chi connectivity index (χ3v) is 2.41. The fourth-order valence-electron chi connectivity index (χ4n) is 1.47. The third kappa shape index (κ3) is 13.6. The second kappa shape index (κ2) is 9.71. The molecule has 0 aliphatic rings. The predicted octanol–water partition coefficient (Wildman–Crippen LogP) is 3.51. The molecule has 0 aliphatic heterocycles. The summed E-state index contributed by atoms with van der Waals surface area (Å²) < 4.78 is 40.9. The van der Waals surface area contributed by atoms with Crippen LogP contribution in [-0.2, 0) is 4.74 Å². The van der Waals surface area contributed by atoms with Crippen molar-refractivity contribution in [2.75, 3.05) is 19.7 Å². The molecule has 17 heavy (non-hydrogen) atoms. The van der Waals surface area contributed by atoms with Crippen LogP contribution in [0.3, 0.4) is 0 Å². The van der Waals surface area contributed by atoms with Gasteiger partial charge in [-0.1, -0.05) is 32.6 Å². The molecule has 0 heterocycles. The molecular weight excluding hydrogens is 231 g/mol. The zero-order valence-electron chi connectivity index (χ0n) is 10.8. The molecule has 0 amide bonds. The maximum Gasteiger partial charge on any atom is 0.401 e. The maximum absolute atomic E-state index is 11.8. The highest BCUT2D eigenvalue weighted by Gasteiger charge is 2.26. The van der Waals surface area contributed by atoms with Crippen LogP contribution < -0.4 is 5.32 Å². The molecule has 0 bridgehead atoms. The van der Waals surface area contributed by atoms with Crippen LogP contribution in [0.4, 0.5) is 13.2 Å². The van der Waals surface area contributed by atoms with Crippen LogP contribution >= 0.6 is 0 Å². The van der Waals surface area contributed by atoms with Gasteiger partial charge in [-0.3, -0.25) is 0 Å². The smallest absolute Gasteiger partial charge is 0.377 e. The van der Waals surface area contributed by atoms with Gasteiger partial charge in [-0.15, -0.1) is 0 Å². The van der Waals surface area contributed by atoms with E-state index in [0.29, 0.717) is 6.61 Å². The molecule has 1 unspecified atom stereocenters. The number of nitrogens with one attached hydrogen (secondary N) is 1. The van der Waals surface area contributed by atoms with Crippen molar-refractivity contribution in [1.82, 2.24) is 5.32 Å². The standard InChI is InChI=1S/C12H24F3NO/c1-3-4-5-6-7-8-17-11(2)9-16-10-12(13,14)15/h11,16H,3-10H2,1-2H3. The first kappa shape index (κ1) is 16.7. The first-order valence-corrected chi connectivity index (χ1v) is 6.34. The number of hydrogen-bond acceptors (Lipinski definition) is 2. The van der Waals surface area contributed by atoms with Gasteiger partial charge in [0, 0.05) is 13.2 Å². The lowest BCUT2D eigenvalue weighted by molar-refractivity contribution is -0.125. The monoisotopic (exact) mass is 255 g/mol. The fraction of sp³-hybridized carbons (Fsp3) is 1.00. The normalized spacial score (nSPS) is 13.9. The number of unbranched alkanes of at least 4 members (excludes halogenated alkanes) is 4. The Balaban J connectivity index is 3.26. The Morgan fingerprint density at radius 1 is 1.12 bits per heavy atom. The van der Waals surface area contributed by atoms with Crippen LogP contribution in [0.2, 0.25) is 0 Å². The van der Waals surface area contributed by atoms with Gasteiger partial charge < -0.3 is 10.1 Å². The highest BCUT2D eigenvalue weighted by atomic mass is 19.4. The van der Waals surface area contributed by atoms with Crippen LogP contribution in [0.15, 0.2) is 0 Å². The van der Waals surface area contributed by atoms with Crippen LogP contribution in [0.1, 0.15) is 46.0 Å². The van der Waals surface area contributed by atoms with Crippen molar-refractivity contribution in [3.05, 3.63) is 0 Å². The molecular formula is C12H24F3NO. The Morgan fingerprint density at radius 2 is 1.76 bits per heavy atom. The van der Waals surface area contributed by atoms with Gasteiger partial charge in [0.1, 0.15) is 0 Å². The molecule has 0 aromatic carbocycles. The summed E-state index contributed by atoms with van der Waals surface area (Å²) in [7, 11) is 0. The molecule has 2 nitrogen and oxygen atoms in total. The SMILES string of the molecule is CCCCCCCOC(C)CNCC(F)(F)F. The van der Waals surface area contributed by atoms with E-state index in [2.05, 4.69) is 12.2 Å². The predicted molar refractivity (Wildman–Crippen MR) is 63.1 cm³/mol. The number of rotatable bonds is 10. The summed E-state index contributed by atoms with van der Waals surface area (Å²) in [5.74, 6) is 0. The van der Waals surface area contributed by atoms with Gasteiger partial charge in [-0.2, -0.15) is 13.2 Å². The summed E-state index contributed by atoms with van der Waals surface area (Å²) in [4.78, 5) is 0. The summed E-state index contributed by atoms with van der Waals surface area (Å²) in [6.07, 6.45) is 1.48. The van der Waals surface area contributed by atoms with E-state index in [1.54, 1.807) is 6.92 Å².